The van der Waals surface area contributed by atoms with E-state index < -0.39 is 17.6 Å². The van der Waals surface area contributed by atoms with E-state index in [-0.39, 0.29) is 16.2 Å². The first-order valence-electron chi connectivity index (χ1n) is 26.1. The third kappa shape index (κ3) is 6.27. The largest absolute Gasteiger partial charge is 0.499 e. The van der Waals surface area contributed by atoms with Crippen LogP contribution >= 0.6 is 0 Å². The van der Waals surface area contributed by atoms with Gasteiger partial charge < -0.3 is 4.74 Å². The number of rotatable bonds is 7. The molecule has 2 aromatic heterocycles. The zero-order chi connectivity index (χ0) is 50.7. The predicted molar refractivity (Wildman–Crippen MR) is 289 cm³/mol. The SMILES string of the molecule is [2H]C(C)(C)c1cc2c(c(C([2H])(C)C)c1)OC13c4c(cc(C(C)(C)C)cc4-c4cc(-c5ccc(-c6ccccc6)cc5)cc[n+]41)-c1cccc4c1[n+]3c-2n4-c1ccc(C(C)(C)C(C)(C)C)cc1-c1ccccc1. The minimum atomic E-state index is -1.23. The zero-order valence-electron chi connectivity index (χ0n) is 44.8. The van der Waals surface area contributed by atoms with Crippen molar-refractivity contribution < 1.29 is 16.6 Å². The molecule has 0 aliphatic carbocycles. The summed E-state index contributed by atoms with van der Waals surface area (Å²) in [7, 11) is 0. The van der Waals surface area contributed by atoms with Gasteiger partial charge in [-0.1, -0.05) is 186 Å². The molecular formula is C66H65N3O+2. The summed E-state index contributed by atoms with van der Waals surface area (Å²) in [6, 6.07) is 57.9. The summed E-state index contributed by atoms with van der Waals surface area (Å²) in [5, 5.41) is 0. The van der Waals surface area contributed by atoms with Gasteiger partial charge in [-0.15, -0.1) is 9.13 Å². The van der Waals surface area contributed by atoms with Crippen molar-refractivity contribution in [3.05, 3.63) is 192 Å². The fourth-order valence-corrected chi connectivity index (χ4v) is 11.3. The predicted octanol–water partition coefficient (Wildman–Crippen LogP) is 16.3. The molecule has 0 fully saturated rings. The van der Waals surface area contributed by atoms with Crippen LogP contribution in [0, 0.1) is 5.41 Å². The van der Waals surface area contributed by atoms with Crippen molar-refractivity contribution in [2.45, 2.75) is 112 Å². The standard InChI is InChI=1S/C66H65N3O/c1-40(2)47-34-51(41(3)4)61-55(35-47)62-68(56-31-30-48(65(11,12)64(8,9)10)37-52(56)45-22-17-14-18-23-45)57-25-19-24-50-53-38-49(63(5,6)7)39-54-58-36-46(44-28-26-43(27-29-44)42-20-15-13-16-21-42)32-33-67(58)66(70-61,59(53)54)69(62)60(50)57/h13-41H,1-12H3/q+2/i40D,41D. The molecule has 3 aliphatic heterocycles. The van der Waals surface area contributed by atoms with E-state index in [1.807, 2.05) is 27.7 Å². The first-order chi connectivity index (χ1) is 34.0. The second-order valence-electron chi connectivity index (χ2n) is 23.1. The van der Waals surface area contributed by atoms with E-state index in [9.17, 15) is 2.74 Å². The summed E-state index contributed by atoms with van der Waals surface area (Å²) < 4.78 is 34.8. The second kappa shape index (κ2) is 15.2. The van der Waals surface area contributed by atoms with Crippen LogP contribution in [-0.4, -0.2) is 4.57 Å². The van der Waals surface area contributed by atoms with Gasteiger partial charge in [0.15, 0.2) is 23.0 Å². The molecule has 1 atom stereocenters. The molecule has 7 aromatic carbocycles. The third-order valence-electron chi connectivity index (χ3n) is 16.3. The maximum Gasteiger partial charge on any atom is 0.499 e. The molecule has 1 spiro atoms. The van der Waals surface area contributed by atoms with Crippen molar-refractivity contribution in [1.29, 1.82) is 0 Å². The van der Waals surface area contributed by atoms with Crippen molar-refractivity contribution in [3.8, 4) is 78.6 Å². The monoisotopic (exact) mass is 918 g/mol. The van der Waals surface area contributed by atoms with Crippen molar-refractivity contribution >= 4 is 11.0 Å². The highest BCUT2D eigenvalue weighted by Crippen LogP contribution is 2.56. The Hall–Kier alpha value is -7.04. The minimum absolute atomic E-state index is 0.0131. The number of fused-ring (bicyclic) bond motifs is 5. The van der Waals surface area contributed by atoms with E-state index in [0.29, 0.717) is 5.75 Å². The van der Waals surface area contributed by atoms with Crippen LogP contribution in [0.1, 0.15) is 125 Å². The first kappa shape index (κ1) is 41.9. The number of imidazole rings is 1. The molecule has 12 rings (SSSR count). The summed E-state index contributed by atoms with van der Waals surface area (Å²) in [5.41, 5.74) is 20.3. The van der Waals surface area contributed by atoms with E-state index in [1.165, 1.54) is 22.3 Å². The van der Waals surface area contributed by atoms with Gasteiger partial charge in [0, 0.05) is 31.6 Å². The smallest absolute Gasteiger partial charge is 0.392 e. The highest BCUT2D eigenvalue weighted by molar-refractivity contribution is 5.98. The van der Waals surface area contributed by atoms with Gasteiger partial charge in [0.1, 0.15) is 16.8 Å². The van der Waals surface area contributed by atoms with Crippen molar-refractivity contribution in [2.75, 3.05) is 0 Å². The van der Waals surface area contributed by atoms with Crippen LogP contribution in [0.4, 0.5) is 0 Å². The van der Waals surface area contributed by atoms with E-state index in [1.54, 1.807) is 0 Å². The number of hydrogen-bond donors (Lipinski definition) is 0. The third-order valence-corrected chi connectivity index (χ3v) is 16.3. The maximum absolute atomic E-state index is 9.89. The number of ether oxygens (including phenoxy) is 1. The van der Waals surface area contributed by atoms with Crippen molar-refractivity contribution in [3.63, 3.8) is 0 Å². The van der Waals surface area contributed by atoms with E-state index in [4.69, 9.17) is 4.74 Å². The van der Waals surface area contributed by atoms with E-state index in [2.05, 4.69) is 233 Å². The van der Waals surface area contributed by atoms with Gasteiger partial charge in [-0.3, -0.25) is 0 Å². The molecule has 0 radical (unpaired) electrons. The quantitative estimate of drug-likeness (QED) is 0.146. The Morgan fingerprint density at radius 1 is 0.543 bits per heavy atom. The fraction of sp³-hybridized carbons (Fsp3) is 0.273. The second-order valence-corrected chi connectivity index (χ2v) is 23.1. The molecule has 0 N–H and O–H groups in total. The molecule has 0 saturated heterocycles. The Labute approximate surface area is 417 Å². The number of hydrogen-bond acceptors (Lipinski definition) is 1. The van der Waals surface area contributed by atoms with Gasteiger partial charge in [0.05, 0.1) is 5.56 Å². The number of pyridine rings is 1. The number of benzene rings is 7. The van der Waals surface area contributed by atoms with Gasteiger partial charge in [0.25, 0.3) is 0 Å². The van der Waals surface area contributed by atoms with Gasteiger partial charge in [-0.2, -0.15) is 4.57 Å². The average Bonchev–Trinajstić information content (AvgIpc) is 3.84. The van der Waals surface area contributed by atoms with Gasteiger partial charge >= 0.3 is 11.7 Å². The van der Waals surface area contributed by atoms with E-state index >= 15 is 0 Å². The van der Waals surface area contributed by atoms with Gasteiger partial charge in [0.2, 0.25) is 5.69 Å². The number of aromatic nitrogens is 3. The molecule has 0 amide bonds. The normalized spacial score (nSPS) is 16.3. The van der Waals surface area contributed by atoms with Crippen LogP contribution in [0.2, 0.25) is 0 Å². The minimum Gasteiger partial charge on any atom is -0.392 e. The van der Waals surface area contributed by atoms with Gasteiger partial charge in [-0.25, -0.2) is 0 Å². The molecule has 4 nitrogen and oxygen atoms in total. The number of nitrogens with zero attached hydrogens (tertiary/aromatic N) is 3. The highest BCUT2D eigenvalue weighted by atomic mass is 16.5. The van der Waals surface area contributed by atoms with Crippen molar-refractivity contribution in [1.82, 2.24) is 4.57 Å². The molecule has 3 aliphatic rings. The summed E-state index contributed by atoms with van der Waals surface area (Å²) >= 11 is 0. The Balaban J connectivity index is 1.24. The molecule has 4 heteroatoms. The molecule has 5 heterocycles. The zero-order valence-corrected chi connectivity index (χ0v) is 42.8. The molecule has 0 bridgehead atoms. The van der Waals surface area contributed by atoms with Crippen LogP contribution in [-0.2, 0) is 16.7 Å². The van der Waals surface area contributed by atoms with Crippen LogP contribution in [0.25, 0.3) is 83.9 Å². The van der Waals surface area contributed by atoms with Crippen LogP contribution in [0.15, 0.2) is 164 Å². The molecule has 1 unspecified atom stereocenters. The topological polar surface area (TPSA) is 21.9 Å². The molecule has 70 heavy (non-hydrogen) atoms. The molecular weight excluding hydrogens is 851 g/mol. The highest BCUT2D eigenvalue weighted by Gasteiger charge is 2.69. The van der Waals surface area contributed by atoms with Crippen molar-refractivity contribution in [2.24, 2.45) is 5.41 Å². The summed E-state index contributed by atoms with van der Waals surface area (Å²) in [6.45, 7) is 26.4. The van der Waals surface area contributed by atoms with Crippen LogP contribution < -0.4 is 13.9 Å². The maximum atomic E-state index is 9.89. The summed E-state index contributed by atoms with van der Waals surface area (Å²) in [4.78, 5) is 0. The average molecular weight is 918 g/mol. The summed E-state index contributed by atoms with van der Waals surface area (Å²) in [6.07, 6.45) is 2.24. The van der Waals surface area contributed by atoms with Crippen LogP contribution in [0.3, 0.4) is 0 Å². The molecule has 348 valence electrons. The summed E-state index contributed by atoms with van der Waals surface area (Å²) in [5.74, 6) is -1.66. The Kier molecular flexibility index (Phi) is 9.11. The first-order valence-corrected chi connectivity index (χ1v) is 25.1. The Morgan fingerprint density at radius 3 is 1.81 bits per heavy atom. The van der Waals surface area contributed by atoms with Gasteiger partial charge in [-0.05, 0) is 121 Å². The Bertz CT molecular complexity index is 3710. The molecule has 9 aromatic rings. The van der Waals surface area contributed by atoms with E-state index in [0.717, 1.165) is 89.4 Å². The van der Waals surface area contributed by atoms with Crippen LogP contribution in [0.5, 0.6) is 5.75 Å². The lowest BCUT2D eigenvalue weighted by molar-refractivity contribution is -0.997. The number of para-hydroxylation sites is 1. The lowest BCUT2D eigenvalue weighted by atomic mass is 9.65. The fourth-order valence-electron chi connectivity index (χ4n) is 11.3. The Morgan fingerprint density at radius 2 is 1.17 bits per heavy atom. The molecule has 0 saturated carbocycles. The lowest BCUT2D eigenvalue weighted by Crippen LogP contribution is -2.78. The lowest BCUT2D eigenvalue weighted by Gasteiger charge is -2.39.